The summed E-state index contributed by atoms with van der Waals surface area (Å²) in [7, 11) is -3.80. The zero-order chi connectivity index (χ0) is 26.5. The van der Waals surface area contributed by atoms with Gasteiger partial charge in [0, 0.05) is 6.42 Å². The predicted molar refractivity (Wildman–Crippen MR) is 138 cm³/mol. The van der Waals surface area contributed by atoms with Gasteiger partial charge in [0.25, 0.3) is 15.7 Å². The lowest BCUT2D eigenvalue weighted by molar-refractivity contribution is 0.179. The fourth-order valence-electron chi connectivity index (χ4n) is 3.21. The summed E-state index contributed by atoms with van der Waals surface area (Å²) in [6, 6.07) is 13.7. The third-order valence-electron chi connectivity index (χ3n) is 5.25. The van der Waals surface area contributed by atoms with E-state index in [-0.39, 0.29) is 35.0 Å². The van der Waals surface area contributed by atoms with E-state index in [0.29, 0.717) is 12.2 Å². The van der Waals surface area contributed by atoms with E-state index in [1.165, 1.54) is 23.0 Å². The van der Waals surface area contributed by atoms with Crippen LogP contribution in [0.2, 0.25) is 5.02 Å². The number of nitrogens with zero attached hydrogens (tertiary/aromatic N) is 2. The van der Waals surface area contributed by atoms with E-state index >= 15 is 0 Å². The second-order valence-corrected chi connectivity index (χ2v) is 11.4. The van der Waals surface area contributed by atoms with E-state index in [1.807, 2.05) is 46.8 Å². The summed E-state index contributed by atoms with van der Waals surface area (Å²) in [6.45, 7) is 9.52. The van der Waals surface area contributed by atoms with Gasteiger partial charge in [-0.1, -0.05) is 41.4 Å². The summed E-state index contributed by atoms with van der Waals surface area (Å²) < 4.78 is 42.6. The average Bonchev–Trinajstić information content (AvgIpc) is 2.80. The highest BCUT2D eigenvalue weighted by atomic mass is 35.5. The minimum absolute atomic E-state index is 0.00604. The molecule has 0 saturated heterocycles. The van der Waals surface area contributed by atoms with Gasteiger partial charge < -0.3 is 9.47 Å². The monoisotopic (exact) mass is 534 g/mol. The van der Waals surface area contributed by atoms with Crippen molar-refractivity contribution in [2.24, 2.45) is 0 Å². The predicted octanol–water partition coefficient (Wildman–Crippen LogP) is 5.10. The molecule has 0 N–H and O–H groups in total. The molecule has 0 fully saturated rings. The van der Waals surface area contributed by atoms with E-state index in [2.05, 4.69) is 5.10 Å². The van der Waals surface area contributed by atoms with Crippen LogP contribution in [0.4, 0.5) is 0 Å². The van der Waals surface area contributed by atoms with Crippen LogP contribution < -0.4 is 15.0 Å². The van der Waals surface area contributed by atoms with Gasteiger partial charge in [0.2, 0.25) is 0 Å². The Kier molecular flexibility index (Phi) is 8.81. The highest BCUT2D eigenvalue weighted by molar-refractivity contribution is 7.86. The van der Waals surface area contributed by atoms with Crippen LogP contribution in [0.15, 0.2) is 64.4 Å². The molecule has 1 heterocycles. The summed E-state index contributed by atoms with van der Waals surface area (Å²) in [6.07, 6.45) is 1.57. The number of aryl methyl sites for hydroxylation is 1. The average molecular weight is 535 g/mol. The lowest BCUT2D eigenvalue weighted by atomic mass is 10.1. The van der Waals surface area contributed by atoms with Crippen LogP contribution in [-0.4, -0.2) is 30.9 Å². The zero-order valence-electron chi connectivity index (χ0n) is 21.0. The van der Waals surface area contributed by atoms with Crippen LogP contribution in [0.25, 0.3) is 0 Å². The first kappa shape index (κ1) is 27.7. The van der Waals surface area contributed by atoms with Crippen molar-refractivity contribution in [2.75, 3.05) is 6.61 Å². The first-order valence-electron chi connectivity index (χ1n) is 11.5. The number of hydrogen-bond donors (Lipinski definition) is 0. The van der Waals surface area contributed by atoms with E-state index in [1.54, 1.807) is 24.3 Å². The molecule has 1 aromatic heterocycles. The number of aromatic nitrogens is 2. The number of ether oxygens (including phenoxy) is 2. The van der Waals surface area contributed by atoms with E-state index in [4.69, 9.17) is 25.3 Å². The van der Waals surface area contributed by atoms with E-state index < -0.39 is 21.2 Å². The second kappa shape index (κ2) is 11.5. The van der Waals surface area contributed by atoms with Crippen molar-refractivity contribution in [1.29, 1.82) is 0 Å². The Morgan fingerprint density at radius 3 is 2.31 bits per heavy atom. The van der Waals surface area contributed by atoms with Crippen molar-refractivity contribution >= 4 is 21.7 Å². The van der Waals surface area contributed by atoms with Gasteiger partial charge in [-0.2, -0.15) is 13.5 Å². The Bertz CT molecular complexity index is 1330. The fourth-order valence-corrected chi connectivity index (χ4v) is 4.31. The highest BCUT2D eigenvalue weighted by Gasteiger charge is 2.20. The van der Waals surface area contributed by atoms with Gasteiger partial charge >= 0.3 is 0 Å². The highest BCUT2D eigenvalue weighted by Crippen LogP contribution is 2.23. The van der Waals surface area contributed by atoms with Gasteiger partial charge in [-0.15, -0.1) is 0 Å². The molecule has 3 aromatic rings. The minimum Gasteiger partial charge on any atom is -0.491 e. The van der Waals surface area contributed by atoms with Crippen LogP contribution in [-0.2, 0) is 26.4 Å². The maximum Gasteiger partial charge on any atom is 0.296 e. The van der Waals surface area contributed by atoms with E-state index in [0.717, 1.165) is 11.1 Å². The summed E-state index contributed by atoms with van der Waals surface area (Å²) >= 11 is 6.20. The quantitative estimate of drug-likeness (QED) is 0.334. The SMILES string of the molecule is Cc1ccc(S(=O)(=O)OCCC(C)Oc2ccc(COc3cnn(C(C)(C)C)c(=O)c3Cl)cc2)cc1. The van der Waals surface area contributed by atoms with Crippen molar-refractivity contribution in [3.05, 3.63) is 81.2 Å². The Hall–Kier alpha value is -2.88. The largest absolute Gasteiger partial charge is 0.491 e. The molecule has 1 atom stereocenters. The molecule has 10 heteroatoms. The van der Waals surface area contributed by atoms with Crippen molar-refractivity contribution in [3.63, 3.8) is 0 Å². The normalized spacial score (nSPS) is 12.8. The summed E-state index contributed by atoms with van der Waals surface area (Å²) in [5.41, 5.74) is 0.918. The van der Waals surface area contributed by atoms with Gasteiger partial charge in [0.15, 0.2) is 10.8 Å². The van der Waals surface area contributed by atoms with Gasteiger partial charge in [0.05, 0.1) is 29.3 Å². The number of halogens is 1. The van der Waals surface area contributed by atoms with Crippen molar-refractivity contribution < 1.29 is 22.1 Å². The molecular weight excluding hydrogens is 504 g/mol. The molecular formula is C26H31ClN2O6S. The molecule has 0 radical (unpaired) electrons. The molecule has 0 saturated carbocycles. The topological polar surface area (TPSA) is 96.7 Å². The fraction of sp³-hybridized carbons (Fsp3) is 0.385. The molecule has 2 aromatic carbocycles. The number of hydrogen-bond acceptors (Lipinski definition) is 7. The van der Waals surface area contributed by atoms with Crippen molar-refractivity contribution in [3.8, 4) is 11.5 Å². The zero-order valence-corrected chi connectivity index (χ0v) is 22.6. The molecule has 0 aliphatic heterocycles. The first-order valence-corrected chi connectivity index (χ1v) is 13.3. The lowest BCUT2D eigenvalue weighted by Gasteiger charge is -2.21. The maximum atomic E-state index is 12.4. The van der Waals surface area contributed by atoms with Crippen LogP contribution in [0.5, 0.6) is 11.5 Å². The number of benzene rings is 2. The van der Waals surface area contributed by atoms with Gasteiger partial charge in [-0.3, -0.25) is 8.98 Å². The molecule has 1 unspecified atom stereocenters. The van der Waals surface area contributed by atoms with Gasteiger partial charge in [-0.05, 0) is 64.4 Å². The summed E-state index contributed by atoms with van der Waals surface area (Å²) in [5.74, 6) is 0.844. The molecule has 0 aliphatic rings. The third kappa shape index (κ3) is 7.32. The van der Waals surface area contributed by atoms with Gasteiger partial charge in [-0.25, -0.2) is 4.68 Å². The minimum atomic E-state index is -3.80. The van der Waals surface area contributed by atoms with E-state index in [9.17, 15) is 13.2 Å². The summed E-state index contributed by atoms with van der Waals surface area (Å²) in [5, 5.41) is 4.14. The van der Waals surface area contributed by atoms with Crippen LogP contribution >= 0.6 is 11.6 Å². The molecule has 194 valence electrons. The van der Waals surface area contributed by atoms with Crippen LogP contribution in [0.3, 0.4) is 0 Å². The van der Waals surface area contributed by atoms with Crippen molar-refractivity contribution in [2.45, 2.75) is 64.2 Å². The molecule has 0 amide bonds. The molecule has 0 aliphatic carbocycles. The lowest BCUT2D eigenvalue weighted by Crippen LogP contribution is -2.36. The molecule has 3 rings (SSSR count). The van der Waals surface area contributed by atoms with Crippen molar-refractivity contribution in [1.82, 2.24) is 9.78 Å². The summed E-state index contributed by atoms with van der Waals surface area (Å²) in [4.78, 5) is 12.6. The van der Waals surface area contributed by atoms with Crippen LogP contribution in [0, 0.1) is 6.92 Å². The Balaban J connectivity index is 1.49. The first-order chi connectivity index (χ1) is 16.9. The Morgan fingerprint density at radius 1 is 1.06 bits per heavy atom. The maximum absolute atomic E-state index is 12.4. The Morgan fingerprint density at radius 2 is 1.69 bits per heavy atom. The second-order valence-electron chi connectivity index (χ2n) is 9.45. The molecule has 8 nitrogen and oxygen atoms in total. The van der Waals surface area contributed by atoms with Gasteiger partial charge in [0.1, 0.15) is 12.4 Å². The molecule has 0 bridgehead atoms. The molecule has 0 spiro atoms. The number of rotatable bonds is 10. The Labute approximate surface area is 216 Å². The molecule has 36 heavy (non-hydrogen) atoms. The third-order valence-corrected chi connectivity index (χ3v) is 6.92. The standard InChI is InChI=1S/C26H31ClN2O6S/c1-18-6-12-22(13-7-18)36(31,32)34-15-14-19(2)35-21-10-8-20(9-11-21)17-33-23-16-28-29(26(3,4)5)25(30)24(23)27/h6-13,16,19H,14-15,17H2,1-5H3. The van der Waals surface area contributed by atoms with Crippen LogP contribution in [0.1, 0.15) is 45.2 Å². The smallest absolute Gasteiger partial charge is 0.296 e.